The lowest BCUT2D eigenvalue weighted by Crippen LogP contribution is -2.35. The summed E-state index contributed by atoms with van der Waals surface area (Å²) in [7, 11) is 0. The van der Waals surface area contributed by atoms with E-state index in [4.69, 9.17) is 5.26 Å². The van der Waals surface area contributed by atoms with Gasteiger partial charge in [-0.05, 0) is 42.9 Å². The van der Waals surface area contributed by atoms with E-state index < -0.39 is 0 Å². The SMILES string of the molecule is CC(C)CCN(C(=O)Cc1ccc(C#N)cc1)C1CC1. The van der Waals surface area contributed by atoms with Crippen molar-refractivity contribution in [2.45, 2.75) is 45.6 Å². The third kappa shape index (κ3) is 4.09. The van der Waals surface area contributed by atoms with Gasteiger partial charge in [0.1, 0.15) is 0 Å². The van der Waals surface area contributed by atoms with E-state index in [1.54, 1.807) is 12.1 Å². The highest BCUT2D eigenvalue weighted by Gasteiger charge is 2.32. The number of carbonyl (C=O) groups is 1. The molecule has 1 aliphatic carbocycles. The molecule has 0 heterocycles. The second kappa shape index (κ2) is 6.56. The van der Waals surface area contributed by atoms with Crippen molar-refractivity contribution in [1.29, 1.82) is 5.26 Å². The molecule has 1 aromatic rings. The van der Waals surface area contributed by atoms with Gasteiger partial charge in [-0.25, -0.2) is 0 Å². The van der Waals surface area contributed by atoms with Crippen LogP contribution in [-0.4, -0.2) is 23.4 Å². The highest BCUT2D eigenvalue weighted by atomic mass is 16.2. The highest BCUT2D eigenvalue weighted by molar-refractivity contribution is 5.79. The van der Waals surface area contributed by atoms with Crippen LogP contribution in [0.1, 0.15) is 44.2 Å². The summed E-state index contributed by atoms with van der Waals surface area (Å²) in [4.78, 5) is 14.5. The van der Waals surface area contributed by atoms with Crippen molar-refractivity contribution < 1.29 is 4.79 Å². The van der Waals surface area contributed by atoms with E-state index in [0.717, 1.165) is 31.4 Å². The van der Waals surface area contributed by atoms with E-state index in [1.807, 2.05) is 12.1 Å². The molecule has 0 unspecified atom stereocenters. The van der Waals surface area contributed by atoms with Crippen molar-refractivity contribution in [1.82, 2.24) is 4.90 Å². The number of amides is 1. The third-order valence-electron chi connectivity index (χ3n) is 3.69. The summed E-state index contributed by atoms with van der Waals surface area (Å²) >= 11 is 0. The summed E-state index contributed by atoms with van der Waals surface area (Å²) in [5.74, 6) is 0.844. The molecule has 1 saturated carbocycles. The molecular formula is C17H22N2O. The summed E-state index contributed by atoms with van der Waals surface area (Å²) in [6, 6.07) is 9.88. The lowest BCUT2D eigenvalue weighted by atomic mass is 10.1. The molecule has 0 radical (unpaired) electrons. The van der Waals surface area contributed by atoms with Crippen molar-refractivity contribution in [3.8, 4) is 6.07 Å². The van der Waals surface area contributed by atoms with Gasteiger partial charge in [0, 0.05) is 12.6 Å². The molecule has 0 saturated heterocycles. The van der Waals surface area contributed by atoms with Gasteiger partial charge in [-0.15, -0.1) is 0 Å². The number of hydrogen-bond acceptors (Lipinski definition) is 2. The van der Waals surface area contributed by atoms with Gasteiger partial charge >= 0.3 is 0 Å². The molecule has 1 amide bonds. The van der Waals surface area contributed by atoms with Crippen LogP contribution in [-0.2, 0) is 11.2 Å². The Bertz CT molecular complexity index is 495. The van der Waals surface area contributed by atoms with Crippen LogP contribution in [0, 0.1) is 17.2 Å². The Morgan fingerprint density at radius 1 is 1.35 bits per heavy atom. The van der Waals surface area contributed by atoms with Crippen LogP contribution >= 0.6 is 0 Å². The van der Waals surface area contributed by atoms with Crippen molar-refractivity contribution in [3.63, 3.8) is 0 Å². The lowest BCUT2D eigenvalue weighted by molar-refractivity contribution is -0.131. The minimum atomic E-state index is 0.220. The maximum absolute atomic E-state index is 12.4. The molecule has 20 heavy (non-hydrogen) atoms. The van der Waals surface area contributed by atoms with Crippen LogP contribution in [0.15, 0.2) is 24.3 Å². The molecule has 0 N–H and O–H groups in total. The van der Waals surface area contributed by atoms with Gasteiger partial charge in [0.25, 0.3) is 0 Å². The molecular weight excluding hydrogens is 248 g/mol. The lowest BCUT2D eigenvalue weighted by Gasteiger charge is -2.23. The van der Waals surface area contributed by atoms with Gasteiger partial charge in [0.05, 0.1) is 18.1 Å². The number of hydrogen-bond donors (Lipinski definition) is 0. The Morgan fingerprint density at radius 2 is 2.00 bits per heavy atom. The van der Waals surface area contributed by atoms with E-state index >= 15 is 0 Å². The molecule has 1 aromatic carbocycles. The molecule has 0 atom stereocenters. The third-order valence-corrected chi connectivity index (χ3v) is 3.69. The topological polar surface area (TPSA) is 44.1 Å². The number of carbonyl (C=O) groups excluding carboxylic acids is 1. The zero-order chi connectivity index (χ0) is 14.5. The summed E-state index contributed by atoms with van der Waals surface area (Å²) in [6.45, 7) is 5.25. The molecule has 3 heteroatoms. The predicted octanol–water partition coefficient (Wildman–Crippen LogP) is 3.14. The molecule has 1 fully saturated rings. The number of nitriles is 1. The zero-order valence-corrected chi connectivity index (χ0v) is 12.3. The van der Waals surface area contributed by atoms with Gasteiger partial charge in [0.2, 0.25) is 5.91 Å². The quantitative estimate of drug-likeness (QED) is 0.797. The van der Waals surface area contributed by atoms with E-state index in [0.29, 0.717) is 23.9 Å². The van der Waals surface area contributed by atoms with E-state index in [1.165, 1.54) is 0 Å². The summed E-state index contributed by atoms with van der Waals surface area (Å²) < 4.78 is 0. The second-order valence-corrected chi connectivity index (χ2v) is 5.99. The number of rotatable bonds is 6. The van der Waals surface area contributed by atoms with Crippen LogP contribution in [0.2, 0.25) is 0 Å². The Kier molecular flexibility index (Phi) is 4.79. The zero-order valence-electron chi connectivity index (χ0n) is 12.3. The number of benzene rings is 1. The minimum absolute atomic E-state index is 0.220. The number of nitrogens with zero attached hydrogens (tertiary/aromatic N) is 2. The molecule has 0 bridgehead atoms. The summed E-state index contributed by atoms with van der Waals surface area (Å²) in [6.07, 6.45) is 3.81. The monoisotopic (exact) mass is 270 g/mol. The fraction of sp³-hybridized carbons (Fsp3) is 0.529. The summed E-state index contributed by atoms with van der Waals surface area (Å²) in [5, 5.41) is 8.78. The second-order valence-electron chi connectivity index (χ2n) is 5.99. The summed E-state index contributed by atoms with van der Waals surface area (Å²) in [5.41, 5.74) is 1.63. The molecule has 0 aliphatic heterocycles. The van der Waals surface area contributed by atoms with Crippen molar-refractivity contribution in [3.05, 3.63) is 35.4 Å². The van der Waals surface area contributed by atoms with Crippen molar-refractivity contribution >= 4 is 5.91 Å². The smallest absolute Gasteiger partial charge is 0.227 e. The van der Waals surface area contributed by atoms with Gasteiger partial charge < -0.3 is 4.90 Å². The van der Waals surface area contributed by atoms with E-state index in [9.17, 15) is 4.79 Å². The Morgan fingerprint density at radius 3 is 2.50 bits per heavy atom. The standard InChI is InChI=1S/C17H22N2O/c1-13(2)9-10-19(16-7-8-16)17(20)11-14-3-5-15(12-18)6-4-14/h3-6,13,16H,7-11H2,1-2H3. The van der Waals surface area contributed by atoms with Crippen molar-refractivity contribution in [2.75, 3.05) is 6.54 Å². The predicted molar refractivity (Wildman–Crippen MR) is 79.1 cm³/mol. The van der Waals surface area contributed by atoms with Gasteiger partial charge in [-0.1, -0.05) is 26.0 Å². The average Bonchev–Trinajstić information content (AvgIpc) is 3.24. The normalized spacial score (nSPS) is 14.1. The van der Waals surface area contributed by atoms with Crippen LogP contribution < -0.4 is 0 Å². The first-order valence-electron chi connectivity index (χ1n) is 7.38. The van der Waals surface area contributed by atoms with Crippen LogP contribution in [0.3, 0.4) is 0 Å². The maximum Gasteiger partial charge on any atom is 0.227 e. The molecule has 106 valence electrons. The molecule has 0 spiro atoms. The molecule has 1 aliphatic rings. The molecule has 2 rings (SSSR count). The Labute approximate surface area is 121 Å². The minimum Gasteiger partial charge on any atom is -0.339 e. The average molecular weight is 270 g/mol. The van der Waals surface area contributed by atoms with Gasteiger partial charge in [-0.2, -0.15) is 5.26 Å². The first kappa shape index (κ1) is 14.6. The van der Waals surface area contributed by atoms with Crippen LogP contribution in [0.4, 0.5) is 0 Å². The first-order valence-corrected chi connectivity index (χ1v) is 7.38. The Hall–Kier alpha value is -1.82. The first-order chi connectivity index (χ1) is 9.60. The molecule has 0 aromatic heterocycles. The highest BCUT2D eigenvalue weighted by Crippen LogP contribution is 2.28. The van der Waals surface area contributed by atoms with E-state index in [-0.39, 0.29) is 5.91 Å². The fourth-order valence-corrected chi connectivity index (χ4v) is 2.27. The largest absolute Gasteiger partial charge is 0.339 e. The van der Waals surface area contributed by atoms with Gasteiger partial charge in [0.15, 0.2) is 0 Å². The molecule has 3 nitrogen and oxygen atoms in total. The fourth-order valence-electron chi connectivity index (χ4n) is 2.27. The maximum atomic E-state index is 12.4. The Balaban J connectivity index is 1.95. The van der Waals surface area contributed by atoms with Gasteiger partial charge in [-0.3, -0.25) is 4.79 Å². The van der Waals surface area contributed by atoms with Crippen molar-refractivity contribution in [2.24, 2.45) is 5.92 Å². The van der Waals surface area contributed by atoms with Crippen LogP contribution in [0.5, 0.6) is 0 Å². The van der Waals surface area contributed by atoms with E-state index in [2.05, 4.69) is 24.8 Å². The van der Waals surface area contributed by atoms with Crippen LogP contribution in [0.25, 0.3) is 0 Å².